The number of hydrogen-bond acceptors (Lipinski definition) is 1. The Morgan fingerprint density at radius 3 is 1.92 bits per heavy atom. The van der Waals surface area contributed by atoms with Crippen LogP contribution in [-0.4, -0.2) is 6.04 Å². The summed E-state index contributed by atoms with van der Waals surface area (Å²) in [6.07, 6.45) is 2.40. The maximum atomic E-state index is 5.99. The van der Waals surface area contributed by atoms with Gasteiger partial charge in [-0.1, -0.05) is 34.6 Å². The molecule has 12 heavy (non-hydrogen) atoms. The Kier molecular flexibility index (Phi) is 5.56. The summed E-state index contributed by atoms with van der Waals surface area (Å²) < 4.78 is 0. The molecule has 1 nitrogen and oxygen atoms in total. The maximum absolute atomic E-state index is 5.99. The molecule has 0 radical (unpaired) electrons. The van der Waals surface area contributed by atoms with Crippen LogP contribution >= 0.6 is 0 Å². The summed E-state index contributed by atoms with van der Waals surface area (Å²) in [4.78, 5) is 0. The highest BCUT2D eigenvalue weighted by molar-refractivity contribution is 4.73. The highest BCUT2D eigenvalue weighted by Gasteiger charge is 2.18. The van der Waals surface area contributed by atoms with E-state index in [9.17, 15) is 0 Å². The van der Waals surface area contributed by atoms with Crippen LogP contribution in [-0.2, 0) is 0 Å². The summed E-state index contributed by atoms with van der Waals surface area (Å²) in [7, 11) is 0. The molecule has 0 aromatic carbocycles. The van der Waals surface area contributed by atoms with E-state index in [4.69, 9.17) is 5.73 Å². The molecule has 74 valence electrons. The van der Waals surface area contributed by atoms with Crippen molar-refractivity contribution in [1.29, 1.82) is 0 Å². The average molecular weight is 171 g/mol. The quantitative estimate of drug-likeness (QED) is 0.676. The van der Waals surface area contributed by atoms with Gasteiger partial charge in [-0.3, -0.25) is 0 Å². The van der Waals surface area contributed by atoms with Gasteiger partial charge >= 0.3 is 0 Å². The molecule has 0 aromatic rings. The Morgan fingerprint density at radius 1 is 1.08 bits per heavy atom. The van der Waals surface area contributed by atoms with Crippen LogP contribution in [0.3, 0.4) is 0 Å². The Balaban J connectivity index is 3.83. The second-order valence-electron chi connectivity index (χ2n) is 4.54. The van der Waals surface area contributed by atoms with Gasteiger partial charge in [0.1, 0.15) is 0 Å². The van der Waals surface area contributed by atoms with Crippen LogP contribution in [0.15, 0.2) is 0 Å². The predicted molar refractivity (Wildman–Crippen MR) is 56.0 cm³/mol. The Hall–Kier alpha value is -0.0400. The van der Waals surface area contributed by atoms with Gasteiger partial charge in [0.25, 0.3) is 0 Å². The van der Waals surface area contributed by atoms with E-state index < -0.39 is 0 Å². The molecule has 0 aromatic heterocycles. The Labute approximate surface area is 77.7 Å². The van der Waals surface area contributed by atoms with E-state index in [1.165, 1.54) is 6.42 Å². The standard InChI is InChI=1S/C11H25N/c1-6-11(12)10(5)9(4)7-8(2)3/h8-11H,6-7,12H2,1-5H3/t9?,10?,11-/m1/s1. The third kappa shape index (κ3) is 4.10. The molecule has 3 atom stereocenters. The predicted octanol–water partition coefficient (Wildman–Crippen LogP) is 3.04. The van der Waals surface area contributed by atoms with Gasteiger partial charge in [0, 0.05) is 6.04 Å². The van der Waals surface area contributed by atoms with Crippen molar-refractivity contribution in [3.05, 3.63) is 0 Å². The average Bonchev–Trinajstić information content (AvgIpc) is 2.00. The van der Waals surface area contributed by atoms with Gasteiger partial charge in [0.15, 0.2) is 0 Å². The largest absolute Gasteiger partial charge is 0.327 e. The van der Waals surface area contributed by atoms with Crippen molar-refractivity contribution in [2.45, 2.75) is 53.5 Å². The molecule has 0 aliphatic carbocycles. The van der Waals surface area contributed by atoms with Gasteiger partial charge in [0.2, 0.25) is 0 Å². The van der Waals surface area contributed by atoms with E-state index in [0.717, 1.165) is 18.3 Å². The molecule has 0 aliphatic heterocycles. The molecule has 0 heterocycles. The van der Waals surface area contributed by atoms with Gasteiger partial charge in [-0.15, -0.1) is 0 Å². The van der Waals surface area contributed by atoms with Crippen molar-refractivity contribution in [3.8, 4) is 0 Å². The molecule has 0 spiro atoms. The number of rotatable bonds is 5. The zero-order chi connectivity index (χ0) is 9.72. The lowest BCUT2D eigenvalue weighted by molar-refractivity contribution is 0.277. The van der Waals surface area contributed by atoms with Crippen molar-refractivity contribution in [1.82, 2.24) is 0 Å². The summed E-state index contributed by atoms with van der Waals surface area (Å²) >= 11 is 0. The first-order chi connectivity index (χ1) is 5.49. The van der Waals surface area contributed by atoms with Crippen LogP contribution in [0.25, 0.3) is 0 Å². The highest BCUT2D eigenvalue weighted by atomic mass is 14.6. The lowest BCUT2D eigenvalue weighted by atomic mass is 9.83. The fourth-order valence-corrected chi connectivity index (χ4v) is 1.75. The molecule has 0 fully saturated rings. The summed E-state index contributed by atoms with van der Waals surface area (Å²) in [5.74, 6) is 2.23. The van der Waals surface area contributed by atoms with E-state index >= 15 is 0 Å². The minimum Gasteiger partial charge on any atom is -0.327 e. The lowest BCUT2D eigenvalue weighted by Gasteiger charge is -2.26. The molecule has 1 heteroatoms. The number of nitrogens with two attached hydrogens (primary N) is 1. The fraction of sp³-hybridized carbons (Fsp3) is 1.00. The van der Waals surface area contributed by atoms with E-state index in [1.807, 2.05) is 0 Å². The molecule has 0 aliphatic rings. The summed E-state index contributed by atoms with van der Waals surface area (Å²) in [6.45, 7) is 11.3. The normalized spacial score (nSPS) is 19.2. The SMILES string of the molecule is CC[C@@H](N)C(C)C(C)CC(C)C. The van der Waals surface area contributed by atoms with Gasteiger partial charge in [-0.2, -0.15) is 0 Å². The third-order valence-electron chi connectivity index (χ3n) is 2.89. The Morgan fingerprint density at radius 2 is 1.58 bits per heavy atom. The van der Waals surface area contributed by atoms with Crippen LogP contribution in [0.1, 0.15) is 47.5 Å². The first-order valence-electron chi connectivity index (χ1n) is 5.24. The molecule has 2 unspecified atom stereocenters. The van der Waals surface area contributed by atoms with Gasteiger partial charge in [0.05, 0.1) is 0 Å². The number of hydrogen-bond donors (Lipinski definition) is 1. The van der Waals surface area contributed by atoms with Crippen LogP contribution in [0.2, 0.25) is 0 Å². The second-order valence-corrected chi connectivity index (χ2v) is 4.54. The smallest absolute Gasteiger partial charge is 0.00644 e. The van der Waals surface area contributed by atoms with Crippen LogP contribution < -0.4 is 5.73 Å². The van der Waals surface area contributed by atoms with Crippen LogP contribution in [0.5, 0.6) is 0 Å². The molecule has 0 rings (SSSR count). The van der Waals surface area contributed by atoms with Crippen molar-refractivity contribution in [2.24, 2.45) is 23.5 Å². The molecule has 0 bridgehead atoms. The van der Waals surface area contributed by atoms with Crippen molar-refractivity contribution in [3.63, 3.8) is 0 Å². The van der Waals surface area contributed by atoms with E-state index in [1.54, 1.807) is 0 Å². The van der Waals surface area contributed by atoms with Gasteiger partial charge in [-0.25, -0.2) is 0 Å². The zero-order valence-corrected chi connectivity index (χ0v) is 9.30. The van der Waals surface area contributed by atoms with Crippen LogP contribution in [0, 0.1) is 17.8 Å². The summed E-state index contributed by atoms with van der Waals surface area (Å²) in [5, 5.41) is 0. The minimum atomic E-state index is 0.388. The summed E-state index contributed by atoms with van der Waals surface area (Å²) in [5.41, 5.74) is 5.99. The first kappa shape index (κ1) is 12.0. The molecular formula is C11H25N. The maximum Gasteiger partial charge on any atom is 0.00644 e. The van der Waals surface area contributed by atoms with E-state index in [-0.39, 0.29) is 0 Å². The van der Waals surface area contributed by atoms with Crippen molar-refractivity contribution in [2.75, 3.05) is 0 Å². The molecule has 0 saturated carbocycles. The van der Waals surface area contributed by atoms with Crippen molar-refractivity contribution >= 4 is 0 Å². The van der Waals surface area contributed by atoms with E-state index in [2.05, 4.69) is 34.6 Å². The molecule has 2 N–H and O–H groups in total. The topological polar surface area (TPSA) is 26.0 Å². The molecule has 0 saturated heterocycles. The first-order valence-corrected chi connectivity index (χ1v) is 5.24. The second kappa shape index (κ2) is 5.58. The zero-order valence-electron chi connectivity index (χ0n) is 9.30. The van der Waals surface area contributed by atoms with Gasteiger partial charge in [-0.05, 0) is 30.6 Å². The van der Waals surface area contributed by atoms with E-state index in [0.29, 0.717) is 12.0 Å². The molecule has 0 amide bonds. The van der Waals surface area contributed by atoms with Crippen molar-refractivity contribution < 1.29 is 0 Å². The minimum absolute atomic E-state index is 0.388. The summed E-state index contributed by atoms with van der Waals surface area (Å²) in [6, 6.07) is 0.388. The molecular weight excluding hydrogens is 146 g/mol. The Bertz CT molecular complexity index is 110. The highest BCUT2D eigenvalue weighted by Crippen LogP contribution is 2.22. The lowest BCUT2D eigenvalue weighted by Crippen LogP contribution is -2.32. The van der Waals surface area contributed by atoms with Gasteiger partial charge < -0.3 is 5.73 Å². The fourth-order valence-electron chi connectivity index (χ4n) is 1.75. The van der Waals surface area contributed by atoms with Crippen LogP contribution in [0.4, 0.5) is 0 Å². The monoisotopic (exact) mass is 171 g/mol. The third-order valence-corrected chi connectivity index (χ3v) is 2.89.